The molecule has 0 aliphatic heterocycles. The first-order chi connectivity index (χ1) is 10.4. The van der Waals surface area contributed by atoms with Crippen LogP contribution in [0.15, 0.2) is 47.4 Å². The van der Waals surface area contributed by atoms with Crippen molar-refractivity contribution in [3.8, 4) is 0 Å². The molecule has 22 heavy (non-hydrogen) atoms. The highest BCUT2D eigenvalue weighted by atomic mass is 32.2. The Morgan fingerprint density at radius 2 is 1.59 bits per heavy atom. The Kier molecular flexibility index (Phi) is 5.21. The van der Waals surface area contributed by atoms with Crippen LogP contribution in [0, 0.1) is 13.8 Å². The van der Waals surface area contributed by atoms with E-state index in [9.17, 15) is 8.42 Å². The molecule has 118 valence electrons. The Morgan fingerprint density at radius 1 is 1.00 bits per heavy atom. The molecule has 0 fully saturated rings. The zero-order chi connectivity index (χ0) is 16.2. The van der Waals surface area contributed by atoms with Crippen molar-refractivity contribution in [1.29, 1.82) is 0 Å². The van der Waals surface area contributed by atoms with Gasteiger partial charge in [0.25, 0.3) is 0 Å². The van der Waals surface area contributed by atoms with Crippen LogP contribution in [0.5, 0.6) is 0 Å². The Hall–Kier alpha value is -1.85. The maximum Gasteiger partial charge on any atom is 0.180 e. The van der Waals surface area contributed by atoms with Gasteiger partial charge >= 0.3 is 0 Å². The van der Waals surface area contributed by atoms with Crippen LogP contribution in [0.1, 0.15) is 16.7 Å². The number of sulfone groups is 1. The summed E-state index contributed by atoms with van der Waals surface area (Å²) in [5, 5.41) is 12.1. The number of hydrogen-bond acceptors (Lipinski definition) is 4. The van der Waals surface area contributed by atoms with Crippen molar-refractivity contribution >= 4 is 15.5 Å². The van der Waals surface area contributed by atoms with Crippen LogP contribution in [-0.2, 0) is 16.4 Å². The average molecular weight is 319 g/mol. The van der Waals surface area contributed by atoms with Gasteiger partial charge in [-0.1, -0.05) is 18.2 Å². The van der Waals surface area contributed by atoms with E-state index in [1.807, 2.05) is 6.07 Å². The van der Waals surface area contributed by atoms with Crippen LogP contribution in [-0.4, -0.2) is 25.9 Å². The Balaban J connectivity index is 2.09. The number of nitrogens with one attached hydrogen (secondary N) is 1. The summed E-state index contributed by atoms with van der Waals surface area (Å²) in [5.41, 5.74) is 4.58. The van der Waals surface area contributed by atoms with E-state index in [0.717, 1.165) is 5.69 Å². The molecule has 0 heterocycles. The zero-order valence-electron chi connectivity index (χ0n) is 12.8. The molecule has 0 saturated carbocycles. The Labute approximate surface area is 131 Å². The Bertz CT molecular complexity index is 717. The van der Waals surface area contributed by atoms with Crippen LogP contribution in [0.4, 0.5) is 5.69 Å². The van der Waals surface area contributed by atoms with Crippen molar-refractivity contribution in [2.45, 2.75) is 25.3 Å². The van der Waals surface area contributed by atoms with Crippen molar-refractivity contribution in [1.82, 2.24) is 0 Å². The third kappa shape index (κ3) is 3.87. The van der Waals surface area contributed by atoms with Gasteiger partial charge in [0, 0.05) is 12.2 Å². The predicted molar refractivity (Wildman–Crippen MR) is 88.8 cm³/mol. The molecule has 2 aromatic rings. The highest BCUT2D eigenvalue weighted by molar-refractivity contribution is 7.91. The quantitative estimate of drug-likeness (QED) is 0.859. The van der Waals surface area contributed by atoms with Crippen LogP contribution in [0.2, 0.25) is 0 Å². The lowest BCUT2D eigenvalue weighted by Crippen LogP contribution is -2.10. The van der Waals surface area contributed by atoms with Crippen LogP contribution in [0.3, 0.4) is 0 Å². The lowest BCUT2D eigenvalue weighted by atomic mass is 10.0. The van der Waals surface area contributed by atoms with E-state index in [4.69, 9.17) is 5.11 Å². The molecule has 0 spiro atoms. The summed E-state index contributed by atoms with van der Waals surface area (Å²) in [6, 6.07) is 12.8. The third-order valence-corrected chi connectivity index (χ3v) is 5.40. The van der Waals surface area contributed by atoms with E-state index in [0.29, 0.717) is 6.54 Å². The fraction of sp³-hybridized carbons (Fsp3) is 0.294. The second kappa shape index (κ2) is 6.94. The summed E-state index contributed by atoms with van der Waals surface area (Å²) in [6.07, 6.45) is 0. The molecule has 4 nitrogen and oxygen atoms in total. The van der Waals surface area contributed by atoms with E-state index < -0.39 is 9.84 Å². The summed E-state index contributed by atoms with van der Waals surface area (Å²) in [5.74, 6) is -0.248. The summed E-state index contributed by atoms with van der Waals surface area (Å²) in [4.78, 5) is 0.235. The van der Waals surface area contributed by atoms with E-state index in [2.05, 4.69) is 31.3 Å². The molecule has 0 unspecified atom stereocenters. The van der Waals surface area contributed by atoms with Gasteiger partial charge in [-0.25, -0.2) is 8.42 Å². The fourth-order valence-electron chi connectivity index (χ4n) is 2.34. The van der Waals surface area contributed by atoms with E-state index >= 15 is 0 Å². The third-order valence-electron chi connectivity index (χ3n) is 3.69. The highest BCUT2D eigenvalue weighted by Gasteiger charge is 2.13. The molecule has 0 aliphatic rings. The van der Waals surface area contributed by atoms with Gasteiger partial charge in [-0.05, 0) is 54.8 Å². The van der Waals surface area contributed by atoms with Gasteiger partial charge in [0.2, 0.25) is 0 Å². The molecule has 0 atom stereocenters. The average Bonchev–Trinajstić information content (AvgIpc) is 2.47. The van der Waals surface area contributed by atoms with Gasteiger partial charge in [0.1, 0.15) is 0 Å². The van der Waals surface area contributed by atoms with Gasteiger partial charge in [0.15, 0.2) is 9.84 Å². The van der Waals surface area contributed by atoms with Crippen molar-refractivity contribution in [3.05, 3.63) is 59.2 Å². The van der Waals surface area contributed by atoms with Gasteiger partial charge < -0.3 is 10.4 Å². The van der Waals surface area contributed by atoms with E-state index in [1.54, 1.807) is 24.3 Å². The minimum absolute atomic E-state index is 0.235. The van der Waals surface area contributed by atoms with Crippen LogP contribution >= 0.6 is 0 Å². The largest absolute Gasteiger partial charge is 0.395 e. The molecule has 2 aromatic carbocycles. The maximum absolute atomic E-state index is 11.8. The normalized spacial score (nSPS) is 11.4. The standard InChI is InChI=1S/C17H21NO3S/c1-13-4-3-5-14(2)17(13)12-18-15-6-8-16(9-7-15)22(20,21)11-10-19/h3-9,18-19H,10-12H2,1-2H3. The summed E-state index contributed by atoms with van der Waals surface area (Å²) >= 11 is 0. The molecule has 0 amide bonds. The summed E-state index contributed by atoms with van der Waals surface area (Å²) in [6.45, 7) is 4.49. The number of aryl methyl sites for hydroxylation is 2. The first-order valence-electron chi connectivity index (χ1n) is 7.16. The van der Waals surface area contributed by atoms with Crippen molar-refractivity contribution in [3.63, 3.8) is 0 Å². The molecular formula is C17H21NO3S. The predicted octanol–water partition coefficient (Wildman–Crippen LogP) is 2.68. The second-order valence-electron chi connectivity index (χ2n) is 5.29. The first kappa shape index (κ1) is 16.5. The fourth-order valence-corrected chi connectivity index (χ4v) is 3.36. The van der Waals surface area contributed by atoms with Crippen molar-refractivity contribution in [2.75, 3.05) is 17.7 Å². The topological polar surface area (TPSA) is 66.4 Å². The van der Waals surface area contributed by atoms with Gasteiger partial charge in [0.05, 0.1) is 17.3 Å². The molecule has 0 aliphatic carbocycles. The molecule has 0 radical (unpaired) electrons. The lowest BCUT2D eigenvalue weighted by Gasteiger charge is -2.12. The molecular weight excluding hydrogens is 298 g/mol. The van der Waals surface area contributed by atoms with E-state index in [-0.39, 0.29) is 17.3 Å². The minimum Gasteiger partial charge on any atom is -0.395 e. The number of anilines is 1. The monoisotopic (exact) mass is 319 g/mol. The lowest BCUT2D eigenvalue weighted by molar-refractivity contribution is 0.319. The van der Waals surface area contributed by atoms with Crippen molar-refractivity contribution < 1.29 is 13.5 Å². The van der Waals surface area contributed by atoms with Crippen LogP contribution in [0.25, 0.3) is 0 Å². The maximum atomic E-state index is 11.8. The Morgan fingerprint density at radius 3 is 2.14 bits per heavy atom. The van der Waals surface area contributed by atoms with Crippen molar-refractivity contribution in [2.24, 2.45) is 0 Å². The van der Waals surface area contributed by atoms with Gasteiger partial charge in [-0.2, -0.15) is 0 Å². The smallest absolute Gasteiger partial charge is 0.180 e. The molecule has 0 saturated heterocycles. The van der Waals surface area contributed by atoms with E-state index in [1.165, 1.54) is 16.7 Å². The molecule has 2 N–H and O–H groups in total. The zero-order valence-corrected chi connectivity index (χ0v) is 13.7. The number of aliphatic hydroxyl groups is 1. The number of rotatable bonds is 6. The summed E-state index contributed by atoms with van der Waals surface area (Å²) < 4.78 is 23.7. The van der Waals surface area contributed by atoms with Gasteiger partial charge in [-0.3, -0.25) is 0 Å². The van der Waals surface area contributed by atoms with Gasteiger partial charge in [-0.15, -0.1) is 0 Å². The second-order valence-corrected chi connectivity index (χ2v) is 7.40. The SMILES string of the molecule is Cc1cccc(C)c1CNc1ccc(S(=O)(=O)CCO)cc1. The summed E-state index contributed by atoms with van der Waals surface area (Å²) in [7, 11) is -3.39. The highest BCUT2D eigenvalue weighted by Crippen LogP contribution is 2.18. The molecule has 0 aromatic heterocycles. The molecule has 2 rings (SSSR count). The first-order valence-corrected chi connectivity index (χ1v) is 8.82. The number of benzene rings is 2. The number of aliphatic hydroxyl groups excluding tert-OH is 1. The van der Waals surface area contributed by atoms with Crippen LogP contribution < -0.4 is 5.32 Å². The minimum atomic E-state index is -3.39. The molecule has 5 heteroatoms. The molecule has 0 bridgehead atoms. The number of hydrogen-bond donors (Lipinski definition) is 2.